The number of ether oxygens (including phenoxy) is 2. The van der Waals surface area contributed by atoms with Crippen molar-refractivity contribution in [2.75, 3.05) is 12.4 Å². The summed E-state index contributed by atoms with van der Waals surface area (Å²) in [4.78, 5) is 23.0. The summed E-state index contributed by atoms with van der Waals surface area (Å²) in [6, 6.07) is 14.8. The van der Waals surface area contributed by atoms with Gasteiger partial charge in [-0.25, -0.2) is 0 Å². The number of amides is 1. The number of anilines is 1. The largest absolute Gasteiger partial charge is 0.493 e. The molecular formula is C20H18N2O6. The van der Waals surface area contributed by atoms with Gasteiger partial charge < -0.3 is 19.2 Å². The van der Waals surface area contributed by atoms with E-state index in [1.165, 1.54) is 18.2 Å². The summed E-state index contributed by atoms with van der Waals surface area (Å²) in [5, 5.41) is 13.7. The van der Waals surface area contributed by atoms with E-state index in [0.717, 1.165) is 5.56 Å². The van der Waals surface area contributed by atoms with Gasteiger partial charge in [-0.1, -0.05) is 18.2 Å². The van der Waals surface area contributed by atoms with E-state index in [1.807, 2.05) is 12.1 Å². The number of furan rings is 1. The number of rotatable bonds is 7. The summed E-state index contributed by atoms with van der Waals surface area (Å²) in [6.07, 6.45) is 0. The first-order chi connectivity index (χ1) is 13.5. The first-order valence-electron chi connectivity index (χ1n) is 8.39. The second kappa shape index (κ2) is 8.26. The average molecular weight is 382 g/mol. The molecule has 8 nitrogen and oxygen atoms in total. The van der Waals surface area contributed by atoms with Gasteiger partial charge in [0.2, 0.25) is 0 Å². The molecule has 144 valence electrons. The maximum atomic E-state index is 12.4. The zero-order chi connectivity index (χ0) is 20.1. The number of hydrogen-bond donors (Lipinski definition) is 1. The second-order valence-electron chi connectivity index (χ2n) is 5.94. The van der Waals surface area contributed by atoms with Crippen molar-refractivity contribution >= 4 is 17.3 Å². The number of para-hydroxylation sites is 2. The number of nitro groups is 1. The normalized spacial score (nSPS) is 10.4. The van der Waals surface area contributed by atoms with Gasteiger partial charge in [0.05, 0.1) is 12.0 Å². The van der Waals surface area contributed by atoms with Crippen LogP contribution in [-0.2, 0) is 6.61 Å². The molecule has 0 atom stereocenters. The lowest BCUT2D eigenvalue weighted by Crippen LogP contribution is -2.12. The number of aryl methyl sites for hydroxylation is 1. The zero-order valence-electron chi connectivity index (χ0n) is 15.3. The van der Waals surface area contributed by atoms with Crippen molar-refractivity contribution < 1.29 is 23.6 Å². The molecule has 0 bridgehead atoms. The van der Waals surface area contributed by atoms with Crippen LogP contribution in [0.3, 0.4) is 0 Å². The Morgan fingerprint density at radius 2 is 1.89 bits per heavy atom. The van der Waals surface area contributed by atoms with E-state index in [1.54, 1.807) is 38.3 Å². The van der Waals surface area contributed by atoms with E-state index in [0.29, 0.717) is 17.3 Å². The Hall–Kier alpha value is -3.81. The quantitative estimate of drug-likeness (QED) is 0.482. The molecule has 0 radical (unpaired) electrons. The van der Waals surface area contributed by atoms with Crippen molar-refractivity contribution in [1.82, 2.24) is 0 Å². The van der Waals surface area contributed by atoms with Gasteiger partial charge in [0.25, 0.3) is 11.6 Å². The van der Waals surface area contributed by atoms with Gasteiger partial charge in [0, 0.05) is 6.07 Å². The summed E-state index contributed by atoms with van der Waals surface area (Å²) >= 11 is 0. The van der Waals surface area contributed by atoms with Crippen LogP contribution in [0, 0.1) is 17.0 Å². The zero-order valence-corrected chi connectivity index (χ0v) is 15.3. The fourth-order valence-corrected chi connectivity index (χ4v) is 2.55. The fourth-order valence-electron chi connectivity index (χ4n) is 2.55. The molecule has 0 aliphatic carbocycles. The molecule has 0 unspecified atom stereocenters. The van der Waals surface area contributed by atoms with Crippen LogP contribution in [0.2, 0.25) is 0 Å². The van der Waals surface area contributed by atoms with Crippen LogP contribution in [-0.4, -0.2) is 17.9 Å². The standard InChI is InChI=1S/C20H18N2O6/c1-13-7-9-15(16(11-13)22(24)25)21-20(23)19-10-8-14(28-19)12-27-18-6-4-3-5-17(18)26-2/h3-11H,12H2,1-2H3,(H,21,23). The van der Waals surface area contributed by atoms with E-state index in [2.05, 4.69) is 5.32 Å². The molecule has 0 aliphatic heterocycles. The maximum absolute atomic E-state index is 12.4. The highest BCUT2D eigenvalue weighted by molar-refractivity contribution is 6.03. The molecule has 8 heteroatoms. The van der Waals surface area contributed by atoms with Crippen molar-refractivity contribution in [3.05, 3.63) is 81.8 Å². The molecule has 0 saturated carbocycles. The third kappa shape index (κ3) is 4.29. The Balaban J connectivity index is 1.68. The van der Waals surface area contributed by atoms with E-state index in [9.17, 15) is 14.9 Å². The van der Waals surface area contributed by atoms with Gasteiger partial charge in [0.1, 0.15) is 18.1 Å². The second-order valence-corrected chi connectivity index (χ2v) is 5.94. The van der Waals surface area contributed by atoms with E-state index in [-0.39, 0.29) is 23.7 Å². The summed E-state index contributed by atoms with van der Waals surface area (Å²) in [7, 11) is 1.54. The van der Waals surface area contributed by atoms with Crippen LogP contribution >= 0.6 is 0 Å². The molecule has 1 heterocycles. The summed E-state index contributed by atoms with van der Waals surface area (Å²) < 4.78 is 16.3. The molecule has 3 rings (SSSR count). The van der Waals surface area contributed by atoms with Crippen molar-refractivity contribution in [1.29, 1.82) is 0 Å². The van der Waals surface area contributed by atoms with Gasteiger partial charge in [0.15, 0.2) is 17.3 Å². The highest BCUT2D eigenvalue weighted by Gasteiger charge is 2.19. The molecule has 1 amide bonds. The fraction of sp³-hybridized carbons (Fsp3) is 0.150. The van der Waals surface area contributed by atoms with Gasteiger partial charge in [-0.05, 0) is 42.8 Å². The maximum Gasteiger partial charge on any atom is 0.293 e. The van der Waals surface area contributed by atoms with Crippen molar-refractivity contribution in [2.24, 2.45) is 0 Å². The first kappa shape index (κ1) is 19.0. The minimum Gasteiger partial charge on any atom is -0.493 e. The van der Waals surface area contributed by atoms with Gasteiger partial charge >= 0.3 is 0 Å². The monoisotopic (exact) mass is 382 g/mol. The third-order valence-corrected chi connectivity index (χ3v) is 3.92. The van der Waals surface area contributed by atoms with Crippen molar-refractivity contribution in [3.63, 3.8) is 0 Å². The van der Waals surface area contributed by atoms with Crippen molar-refractivity contribution in [2.45, 2.75) is 13.5 Å². The lowest BCUT2D eigenvalue weighted by Gasteiger charge is -2.08. The Morgan fingerprint density at radius 3 is 2.61 bits per heavy atom. The van der Waals surface area contributed by atoms with Crippen molar-refractivity contribution in [3.8, 4) is 11.5 Å². The van der Waals surface area contributed by atoms with E-state index in [4.69, 9.17) is 13.9 Å². The number of hydrogen-bond acceptors (Lipinski definition) is 6. The van der Waals surface area contributed by atoms with Crippen LogP contribution in [0.25, 0.3) is 0 Å². The number of carbonyl (C=O) groups is 1. The number of nitrogens with zero attached hydrogens (tertiary/aromatic N) is 1. The number of carbonyl (C=O) groups excluding carboxylic acids is 1. The molecule has 0 aliphatic rings. The number of nitro benzene ring substituents is 1. The Kier molecular flexibility index (Phi) is 5.59. The molecule has 0 saturated heterocycles. The van der Waals surface area contributed by atoms with Crippen LogP contribution in [0.1, 0.15) is 21.9 Å². The molecule has 1 aromatic heterocycles. The van der Waals surface area contributed by atoms with Gasteiger partial charge in [-0.15, -0.1) is 0 Å². The minimum absolute atomic E-state index is 0.0218. The van der Waals surface area contributed by atoms with Gasteiger partial charge in [-0.2, -0.15) is 0 Å². The first-order valence-corrected chi connectivity index (χ1v) is 8.39. The van der Waals surface area contributed by atoms with Crippen LogP contribution in [0.4, 0.5) is 11.4 Å². The number of nitrogens with one attached hydrogen (secondary N) is 1. The minimum atomic E-state index is -0.588. The lowest BCUT2D eigenvalue weighted by molar-refractivity contribution is -0.384. The molecule has 0 spiro atoms. The average Bonchev–Trinajstić information content (AvgIpc) is 3.17. The summed E-state index contributed by atoms with van der Waals surface area (Å²) in [6.45, 7) is 1.83. The summed E-state index contributed by atoms with van der Waals surface area (Å²) in [5.74, 6) is 0.986. The smallest absolute Gasteiger partial charge is 0.293 e. The SMILES string of the molecule is COc1ccccc1OCc1ccc(C(=O)Nc2ccc(C)cc2[N+](=O)[O-])o1. The molecule has 0 fully saturated rings. The predicted octanol–water partition coefficient (Wildman–Crippen LogP) is 4.34. The molecule has 1 N–H and O–H groups in total. The highest BCUT2D eigenvalue weighted by atomic mass is 16.6. The van der Waals surface area contributed by atoms with Gasteiger partial charge in [-0.3, -0.25) is 14.9 Å². The number of benzene rings is 2. The molecule has 2 aromatic carbocycles. The number of methoxy groups -OCH3 is 1. The Bertz CT molecular complexity index is 1010. The van der Waals surface area contributed by atoms with E-state index < -0.39 is 10.8 Å². The third-order valence-electron chi connectivity index (χ3n) is 3.92. The topological polar surface area (TPSA) is 104 Å². The van der Waals surface area contributed by atoms with Crippen LogP contribution in [0.5, 0.6) is 11.5 Å². The Morgan fingerprint density at radius 1 is 1.14 bits per heavy atom. The lowest BCUT2D eigenvalue weighted by atomic mass is 10.2. The Labute approximate surface area is 160 Å². The molecule has 28 heavy (non-hydrogen) atoms. The summed E-state index contributed by atoms with van der Waals surface area (Å²) in [5.41, 5.74) is 0.641. The highest BCUT2D eigenvalue weighted by Crippen LogP contribution is 2.28. The van der Waals surface area contributed by atoms with Crippen LogP contribution in [0.15, 0.2) is 59.0 Å². The molecule has 3 aromatic rings. The molecular weight excluding hydrogens is 364 g/mol. The predicted molar refractivity (Wildman–Crippen MR) is 102 cm³/mol. The van der Waals surface area contributed by atoms with Crippen LogP contribution < -0.4 is 14.8 Å². The van der Waals surface area contributed by atoms with E-state index >= 15 is 0 Å².